The lowest BCUT2D eigenvalue weighted by Crippen LogP contribution is -2.04. The van der Waals surface area contributed by atoms with Gasteiger partial charge >= 0.3 is 0 Å². The van der Waals surface area contributed by atoms with E-state index in [0.717, 1.165) is 23.1 Å². The summed E-state index contributed by atoms with van der Waals surface area (Å²) in [4.78, 5) is 15.4. The number of amides is 1. The highest BCUT2D eigenvalue weighted by Crippen LogP contribution is 2.30. The summed E-state index contributed by atoms with van der Waals surface area (Å²) in [5, 5.41) is 12.4. The molecule has 2 rings (SSSR count). The second-order valence-corrected chi connectivity index (χ2v) is 5.58. The molecule has 0 fully saturated rings. The van der Waals surface area contributed by atoms with E-state index in [0.29, 0.717) is 11.0 Å². The molecule has 4 nitrogen and oxygen atoms in total. The molecular formula is C14H18N2O2S. The maximum Gasteiger partial charge on any atom is 0.223 e. The normalized spacial score (nSPS) is 12.6. The van der Waals surface area contributed by atoms with Gasteiger partial charge in [0, 0.05) is 13.5 Å². The van der Waals surface area contributed by atoms with Crippen molar-refractivity contribution in [2.75, 3.05) is 11.9 Å². The van der Waals surface area contributed by atoms with Crippen molar-refractivity contribution in [3.8, 4) is 0 Å². The lowest BCUT2D eigenvalue weighted by molar-refractivity contribution is -0.114. The Morgan fingerprint density at radius 3 is 2.95 bits per heavy atom. The molecular weight excluding hydrogens is 260 g/mol. The van der Waals surface area contributed by atoms with Crippen LogP contribution in [0.25, 0.3) is 10.2 Å². The van der Waals surface area contributed by atoms with Gasteiger partial charge in [0.25, 0.3) is 0 Å². The Bertz CT molecular complexity index is 580. The molecule has 0 aliphatic heterocycles. The fraction of sp³-hybridized carbons (Fsp3) is 0.429. The summed E-state index contributed by atoms with van der Waals surface area (Å²) in [6.07, 6.45) is 1.76. The van der Waals surface area contributed by atoms with E-state index in [1.807, 2.05) is 6.07 Å². The summed E-state index contributed by atoms with van der Waals surface area (Å²) in [5.74, 6) is 0.256. The number of carbonyl (C=O) groups excluding carboxylic acids is 1. The summed E-state index contributed by atoms with van der Waals surface area (Å²) >= 11 is 1.47. The van der Waals surface area contributed by atoms with Crippen molar-refractivity contribution in [1.82, 2.24) is 4.98 Å². The highest BCUT2D eigenvalue weighted by molar-refractivity contribution is 7.22. The predicted octanol–water partition coefficient (Wildman–Crippen LogP) is 3.13. The number of rotatable bonds is 5. The molecule has 0 aliphatic rings. The molecule has 0 bridgehead atoms. The zero-order chi connectivity index (χ0) is 13.8. The number of thiazole rings is 1. The lowest BCUT2D eigenvalue weighted by atomic mass is 9.93. The summed E-state index contributed by atoms with van der Waals surface area (Å²) in [5.41, 5.74) is 2.10. The topological polar surface area (TPSA) is 62.2 Å². The Kier molecular flexibility index (Phi) is 4.50. The Morgan fingerprint density at radius 2 is 2.32 bits per heavy atom. The number of fused-ring (bicyclic) bond motifs is 1. The number of anilines is 1. The minimum absolute atomic E-state index is 0.106. The van der Waals surface area contributed by atoms with Crippen molar-refractivity contribution in [2.45, 2.75) is 32.6 Å². The van der Waals surface area contributed by atoms with E-state index in [4.69, 9.17) is 5.11 Å². The smallest absolute Gasteiger partial charge is 0.223 e. The van der Waals surface area contributed by atoms with Gasteiger partial charge in [0.15, 0.2) is 5.13 Å². The van der Waals surface area contributed by atoms with Gasteiger partial charge in [-0.3, -0.25) is 4.79 Å². The second kappa shape index (κ2) is 6.12. The number of aromatic nitrogens is 1. The van der Waals surface area contributed by atoms with Gasteiger partial charge in [0.05, 0.1) is 10.2 Å². The number of benzene rings is 1. The van der Waals surface area contributed by atoms with E-state index in [2.05, 4.69) is 29.4 Å². The molecule has 1 amide bonds. The van der Waals surface area contributed by atoms with Crippen LogP contribution in [-0.4, -0.2) is 22.6 Å². The zero-order valence-corrected chi connectivity index (χ0v) is 12.0. The minimum atomic E-state index is -0.106. The first-order valence-electron chi connectivity index (χ1n) is 6.43. The second-order valence-electron chi connectivity index (χ2n) is 4.54. The maximum absolute atomic E-state index is 11.0. The first kappa shape index (κ1) is 14.0. The van der Waals surface area contributed by atoms with Crippen LogP contribution in [0, 0.1) is 0 Å². The van der Waals surface area contributed by atoms with Crippen molar-refractivity contribution in [2.24, 2.45) is 0 Å². The van der Waals surface area contributed by atoms with E-state index in [1.165, 1.54) is 23.8 Å². The van der Waals surface area contributed by atoms with Crippen LogP contribution in [0.5, 0.6) is 0 Å². The molecule has 1 unspecified atom stereocenters. The highest BCUT2D eigenvalue weighted by atomic mass is 32.1. The number of hydrogen-bond donors (Lipinski definition) is 2. The fourth-order valence-corrected chi connectivity index (χ4v) is 3.06. The molecule has 0 saturated heterocycles. The van der Waals surface area contributed by atoms with E-state index in [-0.39, 0.29) is 12.5 Å². The predicted molar refractivity (Wildman–Crippen MR) is 78.7 cm³/mol. The third kappa shape index (κ3) is 3.30. The fourth-order valence-electron chi connectivity index (χ4n) is 2.16. The van der Waals surface area contributed by atoms with Crippen LogP contribution in [0.1, 0.15) is 38.2 Å². The number of aliphatic hydroxyl groups excluding tert-OH is 1. The monoisotopic (exact) mass is 278 g/mol. The van der Waals surface area contributed by atoms with Gasteiger partial charge in [-0.25, -0.2) is 4.98 Å². The van der Waals surface area contributed by atoms with Crippen molar-refractivity contribution in [3.05, 3.63) is 23.8 Å². The van der Waals surface area contributed by atoms with Gasteiger partial charge in [-0.2, -0.15) is 0 Å². The van der Waals surface area contributed by atoms with Crippen LogP contribution in [-0.2, 0) is 4.79 Å². The van der Waals surface area contributed by atoms with E-state index in [9.17, 15) is 4.79 Å². The Hall–Kier alpha value is -1.46. The molecule has 0 radical (unpaired) electrons. The third-order valence-corrected chi connectivity index (χ3v) is 4.09. The largest absolute Gasteiger partial charge is 0.396 e. The van der Waals surface area contributed by atoms with Gasteiger partial charge in [-0.05, 0) is 36.5 Å². The van der Waals surface area contributed by atoms with Crippen LogP contribution in [0.15, 0.2) is 18.2 Å². The molecule has 19 heavy (non-hydrogen) atoms. The molecule has 0 aliphatic carbocycles. The number of nitrogens with one attached hydrogen (secondary N) is 1. The van der Waals surface area contributed by atoms with Crippen LogP contribution in [0.2, 0.25) is 0 Å². The van der Waals surface area contributed by atoms with E-state index in [1.54, 1.807) is 0 Å². The quantitative estimate of drug-likeness (QED) is 0.883. The molecule has 1 atom stereocenters. The van der Waals surface area contributed by atoms with Gasteiger partial charge in [0.2, 0.25) is 5.91 Å². The Labute approximate surface area is 116 Å². The van der Waals surface area contributed by atoms with Crippen molar-refractivity contribution in [3.63, 3.8) is 0 Å². The van der Waals surface area contributed by atoms with Crippen LogP contribution < -0.4 is 5.32 Å². The summed E-state index contributed by atoms with van der Waals surface area (Å²) in [7, 11) is 0. The number of nitrogens with zero attached hydrogens (tertiary/aromatic N) is 1. The number of hydrogen-bond acceptors (Lipinski definition) is 4. The number of carbonyl (C=O) groups is 1. The molecule has 2 aromatic rings. The lowest BCUT2D eigenvalue weighted by Gasteiger charge is -2.13. The Balaban J connectivity index is 2.31. The third-order valence-electron chi connectivity index (χ3n) is 3.14. The van der Waals surface area contributed by atoms with Crippen molar-refractivity contribution >= 4 is 32.6 Å². The van der Waals surface area contributed by atoms with E-state index < -0.39 is 0 Å². The first-order chi connectivity index (χ1) is 9.13. The van der Waals surface area contributed by atoms with Crippen LogP contribution in [0.3, 0.4) is 0 Å². The standard InChI is InChI=1S/C14H18N2O2S/c1-3-10(6-7-17)11-4-5-13-12(8-11)16-14(19-13)15-9(2)18/h4-5,8,10,17H,3,6-7H2,1-2H3,(H,15,16,18). The SMILES string of the molecule is CCC(CCO)c1ccc2sc(NC(C)=O)nc2c1. The van der Waals surface area contributed by atoms with Gasteiger partial charge in [-0.15, -0.1) is 0 Å². The minimum Gasteiger partial charge on any atom is -0.396 e. The van der Waals surface area contributed by atoms with Gasteiger partial charge in [-0.1, -0.05) is 24.3 Å². The molecule has 102 valence electrons. The molecule has 2 N–H and O–H groups in total. The summed E-state index contributed by atoms with van der Waals surface area (Å²) < 4.78 is 1.06. The van der Waals surface area contributed by atoms with Crippen molar-refractivity contribution < 1.29 is 9.90 Å². The summed E-state index contributed by atoms with van der Waals surface area (Å²) in [6.45, 7) is 3.80. The molecule has 1 aromatic carbocycles. The average molecular weight is 278 g/mol. The molecule has 1 heterocycles. The van der Waals surface area contributed by atoms with Crippen LogP contribution in [0.4, 0.5) is 5.13 Å². The molecule has 5 heteroatoms. The molecule has 0 spiro atoms. The van der Waals surface area contributed by atoms with Crippen molar-refractivity contribution in [1.29, 1.82) is 0 Å². The summed E-state index contributed by atoms with van der Waals surface area (Å²) in [6, 6.07) is 6.18. The highest BCUT2D eigenvalue weighted by Gasteiger charge is 2.11. The average Bonchev–Trinajstić information content (AvgIpc) is 2.75. The Morgan fingerprint density at radius 1 is 1.53 bits per heavy atom. The molecule has 1 aromatic heterocycles. The molecule has 0 saturated carbocycles. The maximum atomic E-state index is 11.0. The van der Waals surface area contributed by atoms with Gasteiger partial charge < -0.3 is 10.4 Å². The van der Waals surface area contributed by atoms with Gasteiger partial charge in [0.1, 0.15) is 0 Å². The first-order valence-corrected chi connectivity index (χ1v) is 7.24. The number of aliphatic hydroxyl groups is 1. The van der Waals surface area contributed by atoms with Crippen LogP contribution >= 0.6 is 11.3 Å². The van der Waals surface area contributed by atoms with E-state index >= 15 is 0 Å². The zero-order valence-electron chi connectivity index (χ0n) is 11.1.